The van der Waals surface area contributed by atoms with Gasteiger partial charge in [-0.05, 0) is 171 Å². The molecule has 0 amide bonds. The lowest BCUT2D eigenvalue weighted by atomic mass is 10.1. The van der Waals surface area contributed by atoms with Gasteiger partial charge in [-0.1, -0.05) is 206 Å². The standard InChI is InChI=1S/C27H16N4.3C26H20N2/c1-29-18-10-12-26-22(14-18)21-8-5-6-17(16-28)27(21)31(26)19-11-13-25-23(15-19)20-7-3-4-9-24(20)30(25)2;1-17-8-7-11-22-20-10-4-6-13-24(20)28(26(17)22)18-14-15-21-19-9-3-5-12-23(19)27(2)25(21)16-18;1-17-11-14-25-22(15-17)20-8-4-6-10-24(20)28(25)18-12-13-21-19-7-3-5-9-23(19)27(2)26(21)16-18;1-17-11-13-22-20-8-4-6-10-24(20)28(26(22)15-17)18-12-14-21-19-7-3-5-9-23(19)27(2)25(21)16-18/h3-15H,2H3;3*3-16H,1-2H3. The van der Waals surface area contributed by atoms with Crippen molar-refractivity contribution in [3.63, 3.8) is 0 Å². The van der Waals surface area contributed by atoms with Gasteiger partial charge in [0.15, 0.2) is 5.69 Å². The molecule has 24 rings (SSSR count). The summed E-state index contributed by atoms with van der Waals surface area (Å²) in [6.07, 6.45) is 0. The quantitative estimate of drug-likeness (QED) is 0.162. The summed E-state index contributed by atoms with van der Waals surface area (Å²) in [6.45, 7) is 13.9. The van der Waals surface area contributed by atoms with E-state index in [0.717, 1.165) is 27.5 Å². The Labute approximate surface area is 662 Å². The monoisotopic (exact) mass is 1480 g/mol. The second kappa shape index (κ2) is 26.6. The third kappa shape index (κ3) is 10.5. The minimum Gasteiger partial charge on any atom is -0.344 e. The van der Waals surface area contributed by atoms with E-state index in [1.54, 1.807) is 0 Å². The third-order valence-electron chi connectivity index (χ3n) is 24.2. The Morgan fingerprint density at radius 1 is 0.235 bits per heavy atom. The van der Waals surface area contributed by atoms with Crippen molar-refractivity contribution in [3.8, 4) is 28.8 Å². The molecular formula is C105H76N10. The van der Waals surface area contributed by atoms with Gasteiger partial charge >= 0.3 is 0 Å². The van der Waals surface area contributed by atoms with E-state index in [0.29, 0.717) is 11.3 Å². The molecule has 0 spiro atoms. The normalized spacial score (nSPS) is 11.8. The fraction of sp³-hybridized carbons (Fsp3) is 0.0667. The van der Waals surface area contributed by atoms with Crippen LogP contribution < -0.4 is 0 Å². The van der Waals surface area contributed by atoms with Crippen LogP contribution in [0.2, 0.25) is 0 Å². The molecule has 546 valence electrons. The van der Waals surface area contributed by atoms with E-state index in [1.807, 2.05) is 36.4 Å². The zero-order valence-electron chi connectivity index (χ0n) is 64.7. The molecule has 0 unspecified atom stereocenters. The highest BCUT2D eigenvalue weighted by atomic mass is 15.0. The average molecular weight is 1480 g/mol. The number of aromatic nitrogens is 8. The lowest BCUT2D eigenvalue weighted by molar-refractivity contribution is 1.01. The number of rotatable bonds is 4. The Morgan fingerprint density at radius 3 is 1.07 bits per heavy atom. The Kier molecular flexibility index (Phi) is 15.7. The van der Waals surface area contributed by atoms with E-state index in [2.05, 4.69) is 394 Å². The maximum atomic E-state index is 9.83. The first-order valence-electron chi connectivity index (χ1n) is 39.1. The largest absolute Gasteiger partial charge is 0.344 e. The summed E-state index contributed by atoms with van der Waals surface area (Å²) >= 11 is 0. The number of aryl methyl sites for hydroxylation is 7. The van der Waals surface area contributed by atoms with Gasteiger partial charge in [0.25, 0.3) is 0 Å². The van der Waals surface area contributed by atoms with Crippen LogP contribution >= 0.6 is 0 Å². The third-order valence-corrected chi connectivity index (χ3v) is 24.2. The van der Waals surface area contributed by atoms with Crippen LogP contribution in [0.15, 0.2) is 334 Å². The molecule has 0 aliphatic rings. The number of nitrogens with zero attached hydrogens (tertiary/aromatic N) is 10. The first-order chi connectivity index (χ1) is 56.4. The summed E-state index contributed by atoms with van der Waals surface area (Å²) in [5, 5.41) is 29.9. The van der Waals surface area contributed by atoms with Gasteiger partial charge in [0.1, 0.15) is 6.07 Å². The van der Waals surface area contributed by atoms with Crippen LogP contribution in [-0.4, -0.2) is 36.5 Å². The van der Waals surface area contributed by atoms with Gasteiger partial charge in [-0.2, -0.15) is 5.26 Å². The zero-order chi connectivity index (χ0) is 77.6. The summed E-state index contributed by atoms with van der Waals surface area (Å²) in [6, 6.07) is 121. The van der Waals surface area contributed by atoms with E-state index in [-0.39, 0.29) is 0 Å². The molecule has 0 saturated carbocycles. The Bertz CT molecular complexity index is 8280. The fourth-order valence-electron chi connectivity index (χ4n) is 18.8. The maximum Gasteiger partial charge on any atom is 0.188 e. The number of hydrogen-bond acceptors (Lipinski definition) is 1. The van der Waals surface area contributed by atoms with Gasteiger partial charge in [0.2, 0.25) is 0 Å². The van der Waals surface area contributed by atoms with E-state index in [1.165, 1.54) is 186 Å². The lowest BCUT2D eigenvalue weighted by Crippen LogP contribution is -1.96. The molecule has 10 heteroatoms. The van der Waals surface area contributed by atoms with Gasteiger partial charge in [-0.15, -0.1) is 0 Å². The minimum absolute atomic E-state index is 0.596. The molecule has 0 N–H and O–H groups in total. The molecule has 0 aliphatic carbocycles. The van der Waals surface area contributed by atoms with Gasteiger partial charge in [-0.3, -0.25) is 0 Å². The first kappa shape index (κ1) is 68.0. The van der Waals surface area contributed by atoms with Gasteiger partial charge in [0, 0.05) is 159 Å². The lowest BCUT2D eigenvalue weighted by Gasteiger charge is -2.10. The number of nitriles is 1. The van der Waals surface area contributed by atoms with Crippen molar-refractivity contribution in [2.45, 2.75) is 20.8 Å². The summed E-state index contributed by atoms with van der Waals surface area (Å²) in [4.78, 5) is 3.60. The summed E-state index contributed by atoms with van der Waals surface area (Å²) < 4.78 is 18.5. The van der Waals surface area contributed by atoms with Crippen molar-refractivity contribution < 1.29 is 0 Å². The first-order valence-corrected chi connectivity index (χ1v) is 39.1. The Balaban J connectivity index is 0.0000000961. The molecule has 8 aromatic heterocycles. The van der Waals surface area contributed by atoms with Gasteiger partial charge in [-0.25, -0.2) is 4.85 Å². The zero-order valence-corrected chi connectivity index (χ0v) is 64.7. The average Bonchev–Trinajstić information content (AvgIpc) is 1.59. The van der Waals surface area contributed by atoms with E-state index >= 15 is 0 Å². The van der Waals surface area contributed by atoms with Crippen LogP contribution in [0, 0.1) is 38.7 Å². The second-order valence-electron chi connectivity index (χ2n) is 30.6. The molecule has 115 heavy (non-hydrogen) atoms. The van der Waals surface area contributed by atoms with Gasteiger partial charge < -0.3 is 36.5 Å². The Morgan fingerprint density at radius 2 is 0.539 bits per heavy atom. The molecule has 0 saturated heterocycles. The van der Waals surface area contributed by atoms with Crippen molar-refractivity contribution in [2.75, 3.05) is 0 Å². The molecule has 0 radical (unpaired) electrons. The molecule has 0 aliphatic heterocycles. The van der Waals surface area contributed by atoms with Crippen molar-refractivity contribution in [2.24, 2.45) is 28.2 Å². The molecule has 10 nitrogen and oxygen atoms in total. The number of fused-ring (bicyclic) bond motifs is 24. The summed E-state index contributed by atoms with van der Waals surface area (Å²) in [7, 11) is 8.56. The highest BCUT2D eigenvalue weighted by Gasteiger charge is 2.22. The number of para-hydroxylation sites is 9. The van der Waals surface area contributed by atoms with E-state index < -0.39 is 0 Å². The predicted octanol–water partition coefficient (Wildman–Crippen LogP) is 27.1. The van der Waals surface area contributed by atoms with Crippen LogP contribution in [-0.2, 0) is 28.2 Å². The Hall–Kier alpha value is -15.1. The van der Waals surface area contributed by atoms with Crippen LogP contribution in [0.5, 0.6) is 0 Å². The van der Waals surface area contributed by atoms with Gasteiger partial charge in [0.05, 0.1) is 72.8 Å². The molecule has 0 atom stereocenters. The molecule has 8 heterocycles. The topological polar surface area (TPSA) is 67.6 Å². The fourth-order valence-corrected chi connectivity index (χ4v) is 18.8. The summed E-state index contributed by atoms with van der Waals surface area (Å²) in [5.74, 6) is 0. The molecule has 16 aromatic carbocycles. The van der Waals surface area contributed by atoms with Crippen molar-refractivity contribution in [1.82, 2.24) is 36.5 Å². The van der Waals surface area contributed by atoms with E-state index in [9.17, 15) is 5.26 Å². The molecule has 0 bridgehead atoms. The van der Waals surface area contributed by atoms with Crippen LogP contribution in [0.25, 0.3) is 202 Å². The van der Waals surface area contributed by atoms with Crippen molar-refractivity contribution in [1.29, 1.82) is 5.26 Å². The SMILES string of the molecule is Cc1ccc2c(c1)c1ccccc1n2-c1ccc2c3ccccc3n(C)c2c1.Cc1ccc2c3ccccc3n(-c3ccc4c5ccccc5n(C)c4c3)c2c1.Cc1cccc2c3ccccc3n(-c3ccc4c5ccccc5n(C)c4c3)c12.[C-]#[N+]c1ccc2c(c1)c1cccc(C#N)c1n2-c1ccc2c(c1)c1ccccc1n2C. The smallest absolute Gasteiger partial charge is 0.188 e. The summed E-state index contributed by atoms with van der Waals surface area (Å²) in [5.41, 5.74) is 29.1. The molecule has 0 fully saturated rings. The van der Waals surface area contributed by atoms with Crippen LogP contribution in [0.4, 0.5) is 5.69 Å². The highest BCUT2D eigenvalue weighted by Crippen LogP contribution is 2.43. The van der Waals surface area contributed by atoms with Crippen LogP contribution in [0.1, 0.15) is 22.3 Å². The van der Waals surface area contributed by atoms with Crippen LogP contribution in [0.3, 0.4) is 0 Å². The second-order valence-corrected chi connectivity index (χ2v) is 30.6. The molecular weight excluding hydrogens is 1400 g/mol. The predicted molar refractivity (Wildman–Crippen MR) is 484 cm³/mol. The van der Waals surface area contributed by atoms with Crippen molar-refractivity contribution in [3.05, 3.63) is 367 Å². The maximum absolute atomic E-state index is 9.83. The van der Waals surface area contributed by atoms with E-state index in [4.69, 9.17) is 6.57 Å². The number of hydrogen-bond donors (Lipinski definition) is 0. The minimum atomic E-state index is 0.596. The molecule has 24 aromatic rings. The number of benzene rings is 16. The highest BCUT2D eigenvalue weighted by molar-refractivity contribution is 6.17. The van der Waals surface area contributed by atoms with Crippen molar-refractivity contribution >= 4 is 180 Å².